The molecule has 0 aromatic heterocycles. The van der Waals surface area contributed by atoms with Crippen LogP contribution < -0.4 is 0 Å². The Morgan fingerprint density at radius 1 is 0.455 bits per heavy atom. The molecule has 0 radical (unpaired) electrons. The molecule has 0 aliphatic heterocycles. The minimum Gasteiger partial charge on any atom is -0.299 e. The van der Waals surface area contributed by atoms with E-state index in [0.29, 0.717) is 0 Å². The predicted molar refractivity (Wildman–Crippen MR) is 60.5 cm³/mol. The van der Waals surface area contributed by atoms with Gasteiger partial charge in [-0.15, -0.1) is 8.78 Å². The summed E-state index contributed by atoms with van der Waals surface area (Å²) in [7, 11) is -0.299. The summed E-state index contributed by atoms with van der Waals surface area (Å²) in [5.74, 6) is -21.0. The lowest BCUT2D eigenvalue weighted by molar-refractivity contribution is -0.582. The molecule has 4 nitrogen and oxygen atoms in total. The number of rotatable bonds is 11. The van der Waals surface area contributed by atoms with Crippen LogP contribution in [-0.2, 0) is 18.9 Å². The molecule has 0 saturated carbocycles. The second kappa shape index (κ2) is 8.36. The Morgan fingerprint density at radius 3 is 1.12 bits per heavy atom. The third kappa shape index (κ3) is 5.99. The van der Waals surface area contributed by atoms with Gasteiger partial charge < -0.3 is 0 Å². The van der Waals surface area contributed by atoms with Crippen molar-refractivity contribution in [1.29, 1.82) is 0 Å². The van der Waals surface area contributed by atoms with E-state index in [4.69, 9.17) is 0 Å². The first kappa shape index (κ1) is 31.6. The molecule has 0 bridgehead atoms. The van der Waals surface area contributed by atoms with E-state index in [0.717, 1.165) is 0 Å². The lowest BCUT2D eigenvalue weighted by Gasteiger charge is -2.39. The van der Waals surface area contributed by atoms with Gasteiger partial charge in [0.2, 0.25) is 0 Å². The molecular formula is C11H6F18O4. The largest absolute Gasteiger partial charge is 0.490 e. The van der Waals surface area contributed by atoms with Crippen LogP contribution in [0.25, 0.3) is 0 Å². The molecule has 0 aliphatic carbocycles. The summed E-state index contributed by atoms with van der Waals surface area (Å²) in [4.78, 5) is 0. The third-order valence-electron chi connectivity index (χ3n) is 3.00. The molecular weight excluding hydrogens is 538 g/mol. The standard InChI is InChI=1S/C11H6F18O4/c1-3(12,13)4(14,15)7(20,21)32-10(26,27)9(24,25)31-5(16,6(17,18)19)8(22,23)33-11(28,29)30-2/h1-2H3. The van der Waals surface area contributed by atoms with Gasteiger partial charge in [0.05, 0.1) is 0 Å². The Hall–Kier alpha value is -1.42. The molecule has 0 spiro atoms. The first-order chi connectivity index (χ1) is 13.9. The van der Waals surface area contributed by atoms with Crippen molar-refractivity contribution < 1.29 is 98.0 Å². The molecule has 0 saturated heterocycles. The Kier molecular flexibility index (Phi) is 8.00. The summed E-state index contributed by atoms with van der Waals surface area (Å²) >= 11 is 0. The molecule has 0 aromatic rings. The average Bonchev–Trinajstić information content (AvgIpc) is 2.49. The van der Waals surface area contributed by atoms with Gasteiger partial charge in [-0.2, -0.15) is 70.2 Å². The Morgan fingerprint density at radius 2 is 0.818 bits per heavy atom. The molecule has 33 heavy (non-hydrogen) atoms. The van der Waals surface area contributed by atoms with Gasteiger partial charge in [0, 0.05) is 14.0 Å². The van der Waals surface area contributed by atoms with Crippen LogP contribution in [0, 0.1) is 0 Å². The second-order valence-corrected chi connectivity index (χ2v) is 5.60. The normalized spacial score (nSPS) is 17.8. The maximum Gasteiger partial charge on any atom is 0.490 e. The maximum atomic E-state index is 13.7. The number of halogens is 18. The topological polar surface area (TPSA) is 36.9 Å². The Balaban J connectivity index is 6.39. The number of ether oxygens (including phenoxy) is 4. The second-order valence-electron chi connectivity index (χ2n) is 5.60. The van der Waals surface area contributed by atoms with E-state index in [2.05, 4.69) is 4.74 Å². The van der Waals surface area contributed by atoms with E-state index in [1.165, 1.54) is 9.47 Å². The number of hydrogen-bond donors (Lipinski definition) is 0. The van der Waals surface area contributed by atoms with Gasteiger partial charge >= 0.3 is 54.6 Å². The molecule has 0 rings (SSSR count). The third-order valence-corrected chi connectivity index (χ3v) is 3.00. The summed E-state index contributed by atoms with van der Waals surface area (Å²) in [5, 5.41) is 0. The highest BCUT2D eigenvalue weighted by molar-refractivity contribution is 4.92. The first-order valence-electron chi connectivity index (χ1n) is 6.99. The molecule has 0 aliphatic rings. The fourth-order valence-corrected chi connectivity index (χ4v) is 1.31. The lowest BCUT2D eigenvalue weighted by Crippen LogP contribution is -2.66. The van der Waals surface area contributed by atoms with Crippen molar-refractivity contribution in [2.24, 2.45) is 0 Å². The number of hydrogen-bond acceptors (Lipinski definition) is 4. The zero-order valence-electron chi connectivity index (χ0n) is 14.9. The van der Waals surface area contributed by atoms with Crippen LogP contribution in [0.15, 0.2) is 0 Å². The summed E-state index contributed by atoms with van der Waals surface area (Å²) in [6.45, 7) is -1.10. The van der Waals surface area contributed by atoms with Crippen molar-refractivity contribution in [3.05, 3.63) is 0 Å². The smallest absolute Gasteiger partial charge is 0.299 e. The van der Waals surface area contributed by atoms with Crippen molar-refractivity contribution >= 4 is 0 Å². The van der Waals surface area contributed by atoms with Crippen LogP contribution in [0.3, 0.4) is 0 Å². The molecule has 0 aromatic carbocycles. The molecule has 0 fully saturated rings. The van der Waals surface area contributed by atoms with Crippen molar-refractivity contribution in [2.75, 3.05) is 7.11 Å². The van der Waals surface area contributed by atoms with Crippen LogP contribution >= 0.6 is 0 Å². The Labute approximate surface area is 168 Å². The summed E-state index contributed by atoms with van der Waals surface area (Å²) < 4.78 is 240. The van der Waals surface area contributed by atoms with Gasteiger partial charge in [-0.05, 0) is 0 Å². The SMILES string of the molecule is COC(F)(F)OC(F)(F)C(F)(OC(F)(F)C(F)(F)OC(F)(F)C(F)(F)C(C)(F)F)C(F)(F)F. The van der Waals surface area contributed by atoms with Crippen LogP contribution in [0.2, 0.25) is 0 Å². The zero-order valence-corrected chi connectivity index (χ0v) is 14.9. The molecule has 1 atom stereocenters. The van der Waals surface area contributed by atoms with E-state index in [1.807, 2.05) is 4.74 Å². The van der Waals surface area contributed by atoms with Crippen LogP contribution in [0.1, 0.15) is 6.92 Å². The summed E-state index contributed by atoms with van der Waals surface area (Å²) in [6, 6.07) is 0. The fourth-order valence-electron chi connectivity index (χ4n) is 1.31. The summed E-state index contributed by atoms with van der Waals surface area (Å²) in [5.41, 5.74) is 0. The van der Waals surface area contributed by atoms with Crippen LogP contribution in [0.4, 0.5) is 79.0 Å². The molecule has 0 amide bonds. The van der Waals surface area contributed by atoms with Gasteiger partial charge in [-0.3, -0.25) is 9.47 Å². The number of alkyl halides is 18. The zero-order chi connectivity index (χ0) is 27.3. The number of methoxy groups -OCH3 is 1. The van der Waals surface area contributed by atoms with E-state index < -0.39 is 61.5 Å². The Bertz CT molecular complexity index is 682. The molecule has 0 heterocycles. The molecule has 200 valence electrons. The first-order valence-corrected chi connectivity index (χ1v) is 6.99. The van der Waals surface area contributed by atoms with Crippen molar-refractivity contribution in [3.8, 4) is 0 Å². The highest BCUT2D eigenvalue weighted by atomic mass is 19.4. The van der Waals surface area contributed by atoms with Crippen molar-refractivity contribution in [2.45, 2.75) is 61.5 Å². The van der Waals surface area contributed by atoms with E-state index in [1.54, 1.807) is 0 Å². The van der Waals surface area contributed by atoms with Crippen LogP contribution in [0.5, 0.6) is 0 Å². The minimum atomic E-state index is -7.84. The van der Waals surface area contributed by atoms with Crippen molar-refractivity contribution in [1.82, 2.24) is 0 Å². The highest BCUT2D eigenvalue weighted by Gasteiger charge is 2.83. The van der Waals surface area contributed by atoms with Gasteiger partial charge in [0.25, 0.3) is 0 Å². The fraction of sp³-hybridized carbons (Fsp3) is 1.00. The minimum absolute atomic E-state index is 0.299. The predicted octanol–water partition coefficient (Wildman–Crippen LogP) is 6.12. The van der Waals surface area contributed by atoms with Gasteiger partial charge in [0.15, 0.2) is 0 Å². The lowest BCUT2D eigenvalue weighted by atomic mass is 10.2. The van der Waals surface area contributed by atoms with Gasteiger partial charge in [0.1, 0.15) is 0 Å². The highest BCUT2D eigenvalue weighted by Crippen LogP contribution is 2.55. The van der Waals surface area contributed by atoms with E-state index >= 15 is 0 Å². The van der Waals surface area contributed by atoms with Gasteiger partial charge in [-0.1, -0.05) is 0 Å². The monoisotopic (exact) mass is 544 g/mol. The van der Waals surface area contributed by atoms with E-state index in [-0.39, 0.29) is 7.11 Å². The maximum absolute atomic E-state index is 13.7. The summed E-state index contributed by atoms with van der Waals surface area (Å²) in [6.07, 6.45) is -44.2. The van der Waals surface area contributed by atoms with Crippen molar-refractivity contribution in [3.63, 3.8) is 0 Å². The molecule has 22 heteroatoms. The molecule has 1 unspecified atom stereocenters. The van der Waals surface area contributed by atoms with E-state index in [9.17, 15) is 79.0 Å². The average molecular weight is 544 g/mol. The molecule has 0 N–H and O–H groups in total. The quantitative estimate of drug-likeness (QED) is 0.232. The van der Waals surface area contributed by atoms with Gasteiger partial charge in [-0.25, -0.2) is 9.47 Å². The van der Waals surface area contributed by atoms with Crippen LogP contribution in [-0.4, -0.2) is 61.7 Å².